The number of hydrogen-bond acceptors (Lipinski definition) is 7. The van der Waals surface area contributed by atoms with Gasteiger partial charge in [-0.05, 0) is 61.4 Å². The van der Waals surface area contributed by atoms with Crippen LogP contribution in [0.3, 0.4) is 0 Å². The van der Waals surface area contributed by atoms with E-state index in [0.717, 1.165) is 12.8 Å². The number of nitro benzene ring substituents is 1. The second kappa shape index (κ2) is 9.27. The molecule has 0 saturated heterocycles. The van der Waals surface area contributed by atoms with Gasteiger partial charge in [-0.25, -0.2) is 13.1 Å². The smallest absolute Gasteiger partial charge is 0.293 e. The first-order valence-electron chi connectivity index (χ1n) is 10.1. The Balaban J connectivity index is 1.41. The van der Waals surface area contributed by atoms with Crippen LogP contribution in [0.2, 0.25) is 0 Å². The monoisotopic (exact) mass is 467 g/mol. The second-order valence-electron chi connectivity index (χ2n) is 7.48. The summed E-state index contributed by atoms with van der Waals surface area (Å²) in [5.74, 6) is -0.587. The molecule has 3 aromatic rings. The summed E-state index contributed by atoms with van der Waals surface area (Å²) < 4.78 is 27.0. The van der Waals surface area contributed by atoms with Crippen LogP contribution in [0.15, 0.2) is 77.7 Å². The largest absolute Gasteiger partial charge is 0.350 e. The summed E-state index contributed by atoms with van der Waals surface area (Å²) in [5, 5.41) is 14.5. The van der Waals surface area contributed by atoms with E-state index in [1.54, 1.807) is 24.3 Å². The highest BCUT2D eigenvalue weighted by atomic mass is 32.2. The number of benzene rings is 3. The van der Waals surface area contributed by atoms with Gasteiger partial charge in [-0.2, -0.15) is 0 Å². The highest BCUT2D eigenvalue weighted by molar-refractivity contribution is 7.89. The van der Waals surface area contributed by atoms with Crippen LogP contribution in [0.4, 0.5) is 22.7 Å². The molecule has 0 atom stereocenters. The Bertz CT molecular complexity index is 1280. The number of para-hydroxylation sites is 1. The van der Waals surface area contributed by atoms with Crippen LogP contribution in [0.1, 0.15) is 23.2 Å². The molecule has 4 rings (SSSR count). The minimum Gasteiger partial charge on any atom is -0.350 e. The molecule has 0 aliphatic heterocycles. The van der Waals surface area contributed by atoms with E-state index in [1.807, 2.05) is 6.07 Å². The molecule has 0 heterocycles. The van der Waals surface area contributed by atoms with Gasteiger partial charge in [0.1, 0.15) is 5.69 Å². The average molecular weight is 468 g/mol. The van der Waals surface area contributed by atoms with Gasteiger partial charge < -0.3 is 5.32 Å². The van der Waals surface area contributed by atoms with Crippen molar-refractivity contribution in [2.45, 2.75) is 23.8 Å². The topological polar surface area (TPSA) is 142 Å². The number of carbonyl (C=O) groups excluding carboxylic acids is 1. The van der Waals surface area contributed by atoms with Crippen LogP contribution < -0.4 is 20.9 Å². The van der Waals surface area contributed by atoms with Crippen molar-refractivity contribution in [2.24, 2.45) is 0 Å². The van der Waals surface area contributed by atoms with Gasteiger partial charge in [0.2, 0.25) is 10.0 Å². The van der Waals surface area contributed by atoms with Crippen molar-refractivity contribution in [3.05, 3.63) is 88.5 Å². The van der Waals surface area contributed by atoms with E-state index in [4.69, 9.17) is 0 Å². The number of anilines is 3. The first kappa shape index (κ1) is 22.2. The molecule has 0 radical (unpaired) electrons. The molecule has 1 fully saturated rings. The minimum atomic E-state index is -3.56. The summed E-state index contributed by atoms with van der Waals surface area (Å²) in [6.45, 7) is 0. The van der Waals surface area contributed by atoms with Crippen molar-refractivity contribution >= 4 is 38.7 Å². The Morgan fingerprint density at radius 2 is 1.64 bits per heavy atom. The summed E-state index contributed by atoms with van der Waals surface area (Å²) in [5.41, 5.74) is 6.35. The standard InChI is InChI=1S/C22H21N5O5S/c28-22(25-24-17-9-11-19(12-10-17)33(31,32)26-18-7-8-18)15-6-13-20(21(14-15)27(29)30)23-16-4-2-1-3-5-16/h1-6,9-14,18,23-24,26H,7-8H2,(H,25,28). The van der Waals surface area contributed by atoms with Gasteiger partial charge in [0, 0.05) is 23.4 Å². The number of amides is 1. The van der Waals surface area contributed by atoms with Gasteiger partial charge in [-0.15, -0.1) is 0 Å². The Labute approximate surface area is 190 Å². The molecule has 0 spiro atoms. The molecule has 1 aliphatic carbocycles. The predicted molar refractivity (Wildman–Crippen MR) is 124 cm³/mol. The van der Waals surface area contributed by atoms with Crippen LogP contribution >= 0.6 is 0 Å². The summed E-state index contributed by atoms with van der Waals surface area (Å²) in [6.07, 6.45) is 1.68. The zero-order valence-electron chi connectivity index (χ0n) is 17.3. The van der Waals surface area contributed by atoms with Crippen molar-refractivity contribution in [3.8, 4) is 0 Å². The second-order valence-corrected chi connectivity index (χ2v) is 9.19. The van der Waals surface area contributed by atoms with Crippen LogP contribution in [-0.2, 0) is 10.0 Å². The molecule has 4 N–H and O–H groups in total. The van der Waals surface area contributed by atoms with E-state index < -0.39 is 20.9 Å². The van der Waals surface area contributed by atoms with Crippen LogP contribution in [0, 0.1) is 10.1 Å². The molecule has 0 unspecified atom stereocenters. The van der Waals surface area contributed by atoms with Crippen LogP contribution in [0.25, 0.3) is 0 Å². The fourth-order valence-electron chi connectivity index (χ4n) is 3.01. The van der Waals surface area contributed by atoms with E-state index in [9.17, 15) is 23.3 Å². The van der Waals surface area contributed by atoms with Gasteiger partial charge in [0.15, 0.2) is 0 Å². The molecule has 3 aromatic carbocycles. The molecule has 10 nitrogen and oxygen atoms in total. The van der Waals surface area contributed by atoms with E-state index in [2.05, 4.69) is 20.9 Å². The number of rotatable bonds is 9. The van der Waals surface area contributed by atoms with Gasteiger partial charge in [-0.3, -0.25) is 25.8 Å². The number of nitro groups is 1. The quantitative estimate of drug-likeness (QED) is 0.278. The summed E-state index contributed by atoms with van der Waals surface area (Å²) in [4.78, 5) is 23.6. The number of nitrogens with one attached hydrogen (secondary N) is 4. The average Bonchev–Trinajstić information content (AvgIpc) is 3.62. The number of carbonyl (C=O) groups is 1. The zero-order valence-corrected chi connectivity index (χ0v) is 18.1. The maximum absolute atomic E-state index is 12.5. The molecule has 0 aromatic heterocycles. The third-order valence-corrected chi connectivity index (χ3v) is 6.43. The molecular formula is C22H21N5O5S. The minimum absolute atomic E-state index is 0.00503. The zero-order chi connectivity index (χ0) is 23.4. The van der Waals surface area contributed by atoms with Gasteiger partial charge >= 0.3 is 0 Å². The van der Waals surface area contributed by atoms with Crippen molar-refractivity contribution < 1.29 is 18.1 Å². The van der Waals surface area contributed by atoms with Crippen molar-refractivity contribution in [1.29, 1.82) is 0 Å². The Morgan fingerprint density at radius 1 is 0.939 bits per heavy atom. The Hall–Kier alpha value is -3.96. The van der Waals surface area contributed by atoms with Crippen molar-refractivity contribution in [2.75, 3.05) is 10.7 Å². The fraction of sp³-hybridized carbons (Fsp3) is 0.136. The lowest BCUT2D eigenvalue weighted by atomic mass is 10.1. The number of hydrogen-bond donors (Lipinski definition) is 4. The number of hydrazine groups is 1. The van der Waals surface area contributed by atoms with E-state index in [0.29, 0.717) is 11.4 Å². The van der Waals surface area contributed by atoms with E-state index in [1.165, 1.54) is 42.5 Å². The summed E-state index contributed by atoms with van der Waals surface area (Å²) in [6, 6.07) is 19.0. The molecule has 0 bridgehead atoms. The van der Waals surface area contributed by atoms with Crippen LogP contribution in [0.5, 0.6) is 0 Å². The summed E-state index contributed by atoms with van der Waals surface area (Å²) >= 11 is 0. The SMILES string of the molecule is O=C(NNc1ccc(S(=O)(=O)NC2CC2)cc1)c1ccc(Nc2ccccc2)c([N+](=O)[O-])c1. The fourth-order valence-corrected chi connectivity index (χ4v) is 4.32. The van der Waals surface area contributed by atoms with Crippen LogP contribution in [-0.4, -0.2) is 25.3 Å². The molecule has 11 heteroatoms. The maximum Gasteiger partial charge on any atom is 0.293 e. The Kier molecular flexibility index (Phi) is 6.24. The molecular weight excluding hydrogens is 446 g/mol. The number of nitrogens with zero attached hydrogens (tertiary/aromatic N) is 1. The lowest BCUT2D eigenvalue weighted by Crippen LogP contribution is -2.29. The Morgan fingerprint density at radius 3 is 2.27 bits per heavy atom. The van der Waals surface area contributed by atoms with Gasteiger partial charge in [-0.1, -0.05) is 18.2 Å². The third-order valence-electron chi connectivity index (χ3n) is 4.89. The molecule has 170 valence electrons. The normalized spacial score (nSPS) is 13.2. The molecule has 33 heavy (non-hydrogen) atoms. The third kappa shape index (κ3) is 5.64. The molecule has 1 aliphatic rings. The lowest BCUT2D eigenvalue weighted by Gasteiger charge is -2.11. The highest BCUT2D eigenvalue weighted by Crippen LogP contribution is 2.28. The maximum atomic E-state index is 12.5. The van der Waals surface area contributed by atoms with E-state index >= 15 is 0 Å². The lowest BCUT2D eigenvalue weighted by molar-refractivity contribution is -0.383. The van der Waals surface area contributed by atoms with Crippen molar-refractivity contribution in [3.63, 3.8) is 0 Å². The van der Waals surface area contributed by atoms with Crippen molar-refractivity contribution in [1.82, 2.24) is 10.1 Å². The number of sulfonamides is 1. The molecule has 1 amide bonds. The van der Waals surface area contributed by atoms with Gasteiger partial charge in [0.05, 0.1) is 15.5 Å². The summed E-state index contributed by atoms with van der Waals surface area (Å²) in [7, 11) is -3.56. The predicted octanol–water partition coefficient (Wildman–Crippen LogP) is 3.54. The highest BCUT2D eigenvalue weighted by Gasteiger charge is 2.27. The first-order chi connectivity index (χ1) is 15.8. The van der Waals surface area contributed by atoms with Gasteiger partial charge in [0.25, 0.3) is 11.6 Å². The first-order valence-corrected chi connectivity index (χ1v) is 11.6. The van der Waals surface area contributed by atoms with E-state index in [-0.39, 0.29) is 27.9 Å². The molecule has 1 saturated carbocycles.